The zero-order valence-corrected chi connectivity index (χ0v) is 22.4. The molecule has 0 aliphatic carbocycles. The second-order valence-corrected chi connectivity index (χ2v) is 9.80. The molecule has 0 spiro atoms. The van der Waals surface area contributed by atoms with Crippen molar-refractivity contribution in [3.63, 3.8) is 0 Å². The lowest BCUT2D eigenvalue weighted by Gasteiger charge is -2.23. The number of rotatable bonds is 10. The number of nitrogens with zero attached hydrogens (tertiary/aromatic N) is 4. The van der Waals surface area contributed by atoms with Crippen LogP contribution >= 0.6 is 11.8 Å². The normalized spacial score (nSPS) is 17.2. The summed E-state index contributed by atoms with van der Waals surface area (Å²) >= 11 is 1.60. The zero-order valence-electron chi connectivity index (χ0n) is 21.6. The summed E-state index contributed by atoms with van der Waals surface area (Å²) < 4.78 is 11.1. The van der Waals surface area contributed by atoms with Crippen molar-refractivity contribution < 1.29 is 23.9 Å². The van der Waals surface area contributed by atoms with Crippen LogP contribution in [-0.2, 0) is 20.7 Å². The van der Waals surface area contributed by atoms with Crippen LogP contribution in [0.1, 0.15) is 45.4 Å². The third-order valence-electron chi connectivity index (χ3n) is 6.57. The molecule has 10 nitrogen and oxygen atoms in total. The molecule has 0 unspecified atom stereocenters. The second kappa shape index (κ2) is 12.7. The summed E-state index contributed by atoms with van der Waals surface area (Å²) in [6, 6.07) is 17.0. The minimum Gasteiger partial charge on any atom is -0.464 e. The fourth-order valence-electron chi connectivity index (χ4n) is 4.70. The van der Waals surface area contributed by atoms with E-state index in [1.54, 1.807) is 11.8 Å². The summed E-state index contributed by atoms with van der Waals surface area (Å²) in [5.41, 5.74) is 1.66. The van der Waals surface area contributed by atoms with Gasteiger partial charge in [0, 0.05) is 17.1 Å². The van der Waals surface area contributed by atoms with Gasteiger partial charge in [-0.05, 0) is 55.8 Å². The Morgan fingerprint density at radius 2 is 1.82 bits per heavy atom. The number of esters is 2. The van der Waals surface area contributed by atoms with Gasteiger partial charge in [0.25, 0.3) is 0 Å². The van der Waals surface area contributed by atoms with Gasteiger partial charge in [-0.1, -0.05) is 41.6 Å². The Balaban J connectivity index is 1.57. The van der Waals surface area contributed by atoms with Crippen molar-refractivity contribution >= 4 is 35.3 Å². The predicted molar refractivity (Wildman–Crippen MR) is 143 cm³/mol. The quantitative estimate of drug-likeness (QED) is 0.307. The summed E-state index contributed by atoms with van der Waals surface area (Å²) in [6.07, 6.45) is 4.08. The predicted octanol–water partition coefficient (Wildman–Crippen LogP) is 3.46. The van der Waals surface area contributed by atoms with Gasteiger partial charge in [-0.2, -0.15) is 0 Å². The lowest BCUT2D eigenvalue weighted by molar-refractivity contribution is -0.120. The average Bonchev–Trinajstić information content (AvgIpc) is 3.58. The van der Waals surface area contributed by atoms with Crippen molar-refractivity contribution in [2.75, 3.05) is 38.9 Å². The number of thioether (sulfide) groups is 1. The van der Waals surface area contributed by atoms with E-state index in [1.165, 1.54) is 24.5 Å². The second-order valence-electron chi connectivity index (χ2n) is 8.93. The third-order valence-corrected chi connectivity index (χ3v) is 7.30. The lowest BCUT2D eigenvalue weighted by Crippen LogP contribution is -2.40. The van der Waals surface area contributed by atoms with Gasteiger partial charge < -0.3 is 14.8 Å². The van der Waals surface area contributed by atoms with Crippen LogP contribution in [0.15, 0.2) is 59.5 Å². The number of aromatic nitrogens is 3. The van der Waals surface area contributed by atoms with Gasteiger partial charge in [0.1, 0.15) is 0 Å². The summed E-state index contributed by atoms with van der Waals surface area (Å²) in [4.78, 5) is 41.5. The van der Waals surface area contributed by atoms with Crippen molar-refractivity contribution in [3.8, 4) is 0 Å². The van der Waals surface area contributed by atoms with Gasteiger partial charge in [-0.25, -0.2) is 14.3 Å². The maximum atomic E-state index is 13.5. The van der Waals surface area contributed by atoms with E-state index >= 15 is 0 Å². The fraction of sp³-hybridized carbons (Fsp3) is 0.370. The fourth-order valence-corrected chi connectivity index (χ4v) is 5.16. The highest BCUT2D eigenvalue weighted by Crippen LogP contribution is 2.30. The molecule has 1 aromatic heterocycles. The van der Waals surface area contributed by atoms with Crippen molar-refractivity contribution in [3.05, 3.63) is 71.5 Å². The Labute approximate surface area is 225 Å². The minimum absolute atomic E-state index is 0.0812. The summed E-state index contributed by atoms with van der Waals surface area (Å²) in [7, 11) is 2.43. The molecular formula is C27H31N5O5S. The number of benzene rings is 2. The van der Waals surface area contributed by atoms with Gasteiger partial charge in [-0.3, -0.25) is 9.69 Å². The summed E-state index contributed by atoms with van der Waals surface area (Å²) in [6.45, 7) is 1.12. The minimum atomic E-state index is -0.780. The number of aryl methyl sites for hydroxylation is 1. The maximum absolute atomic E-state index is 13.5. The van der Waals surface area contributed by atoms with E-state index < -0.39 is 18.0 Å². The summed E-state index contributed by atoms with van der Waals surface area (Å²) in [5.74, 6) is -1.66. The number of carbonyl (C=O) groups is 3. The SMILES string of the molecule is COC(=O)c1nnn([C@H]2C[C@@H](C(=O)Nc3cccc(SC)c3)N(CCCc3ccccc3)C2)c1C(=O)OC. The number of hydrogen-bond donors (Lipinski definition) is 1. The van der Waals surface area contributed by atoms with Crippen LogP contribution in [0.5, 0.6) is 0 Å². The molecule has 11 heteroatoms. The zero-order chi connectivity index (χ0) is 27.1. The van der Waals surface area contributed by atoms with Crippen molar-refractivity contribution in [2.45, 2.75) is 36.2 Å². The number of nitrogens with one attached hydrogen (secondary N) is 1. The van der Waals surface area contributed by atoms with Gasteiger partial charge in [0.05, 0.1) is 26.3 Å². The number of hydrogen-bond acceptors (Lipinski definition) is 9. The molecule has 1 fully saturated rings. The van der Waals surface area contributed by atoms with Crippen molar-refractivity contribution in [2.24, 2.45) is 0 Å². The molecule has 1 saturated heterocycles. The molecule has 38 heavy (non-hydrogen) atoms. The van der Waals surface area contributed by atoms with Crippen molar-refractivity contribution in [1.82, 2.24) is 19.9 Å². The molecule has 1 amide bonds. The smallest absolute Gasteiger partial charge is 0.361 e. The molecule has 1 aliphatic rings. The first-order valence-corrected chi connectivity index (χ1v) is 13.5. The highest BCUT2D eigenvalue weighted by Gasteiger charge is 2.40. The monoisotopic (exact) mass is 537 g/mol. The topological polar surface area (TPSA) is 116 Å². The first kappa shape index (κ1) is 27.3. The summed E-state index contributed by atoms with van der Waals surface area (Å²) in [5, 5.41) is 11.0. The van der Waals surface area contributed by atoms with E-state index in [0.29, 0.717) is 19.5 Å². The van der Waals surface area contributed by atoms with E-state index in [1.807, 2.05) is 48.7 Å². The maximum Gasteiger partial charge on any atom is 0.361 e. The molecule has 1 aliphatic heterocycles. The molecule has 2 aromatic carbocycles. The Kier molecular flexibility index (Phi) is 9.14. The first-order chi connectivity index (χ1) is 18.4. The molecule has 0 radical (unpaired) electrons. The molecule has 2 heterocycles. The van der Waals surface area contributed by atoms with Gasteiger partial charge in [0.2, 0.25) is 11.6 Å². The van der Waals surface area contributed by atoms with E-state index in [2.05, 4.69) is 32.7 Å². The Morgan fingerprint density at radius 1 is 1.05 bits per heavy atom. The van der Waals surface area contributed by atoms with Gasteiger partial charge in [-0.15, -0.1) is 16.9 Å². The van der Waals surface area contributed by atoms with E-state index in [4.69, 9.17) is 9.47 Å². The van der Waals surface area contributed by atoms with Crippen LogP contribution in [0.4, 0.5) is 5.69 Å². The number of ether oxygens (including phenoxy) is 2. The van der Waals surface area contributed by atoms with E-state index in [0.717, 1.165) is 23.4 Å². The molecule has 4 rings (SSSR count). The molecule has 0 bridgehead atoms. The standard InChI is InChI=1S/C27H31N5O5S/c1-36-26(34)23-24(27(35)37-2)32(30-29-23)20-16-22(25(33)28-19-12-7-13-21(15-19)38-3)31(17-20)14-8-11-18-9-5-4-6-10-18/h4-7,9-10,12-13,15,20,22H,8,11,14,16-17H2,1-3H3,(H,28,33)/t20-,22-/m0/s1. The number of likely N-dealkylation sites (tertiary alicyclic amines) is 1. The molecule has 200 valence electrons. The van der Waals surface area contributed by atoms with Crippen molar-refractivity contribution in [1.29, 1.82) is 0 Å². The van der Waals surface area contributed by atoms with Gasteiger partial charge >= 0.3 is 11.9 Å². The molecular weight excluding hydrogens is 506 g/mol. The number of amides is 1. The van der Waals surface area contributed by atoms with Crippen LogP contribution in [0, 0.1) is 0 Å². The lowest BCUT2D eigenvalue weighted by atomic mass is 10.1. The van der Waals surface area contributed by atoms with Crippen LogP contribution in [0.2, 0.25) is 0 Å². The number of methoxy groups -OCH3 is 2. The number of anilines is 1. The van der Waals surface area contributed by atoms with Crippen LogP contribution < -0.4 is 5.32 Å². The molecule has 2 atom stereocenters. The van der Waals surface area contributed by atoms with E-state index in [9.17, 15) is 14.4 Å². The average molecular weight is 538 g/mol. The van der Waals surface area contributed by atoms with Crippen LogP contribution in [0.25, 0.3) is 0 Å². The highest BCUT2D eigenvalue weighted by molar-refractivity contribution is 7.98. The van der Waals surface area contributed by atoms with Crippen LogP contribution in [0.3, 0.4) is 0 Å². The first-order valence-electron chi connectivity index (χ1n) is 12.3. The Hall–Kier alpha value is -3.70. The molecule has 1 N–H and O–H groups in total. The van der Waals surface area contributed by atoms with E-state index in [-0.39, 0.29) is 23.3 Å². The highest BCUT2D eigenvalue weighted by atomic mass is 32.2. The van der Waals surface area contributed by atoms with Gasteiger partial charge in [0.15, 0.2) is 5.69 Å². The van der Waals surface area contributed by atoms with Crippen LogP contribution in [-0.4, -0.2) is 77.3 Å². The largest absolute Gasteiger partial charge is 0.464 e. The molecule has 3 aromatic rings. The Bertz CT molecular complexity index is 1280. The Morgan fingerprint density at radius 3 is 2.53 bits per heavy atom. The number of carbonyl (C=O) groups excluding carboxylic acids is 3. The third kappa shape index (κ3) is 6.22. The molecule has 0 saturated carbocycles.